The van der Waals surface area contributed by atoms with Crippen LogP contribution >= 0.6 is 0 Å². The summed E-state index contributed by atoms with van der Waals surface area (Å²) in [4.78, 5) is 0.101. The van der Waals surface area contributed by atoms with Crippen LogP contribution in [0.3, 0.4) is 0 Å². The summed E-state index contributed by atoms with van der Waals surface area (Å²) in [5.74, 6) is -0.188. The fourth-order valence-electron chi connectivity index (χ4n) is 3.82. The van der Waals surface area contributed by atoms with Crippen LogP contribution in [0, 0.1) is 5.82 Å². The Morgan fingerprint density at radius 2 is 1.66 bits per heavy atom. The monoisotopic (exact) mass is 514 g/mol. The molecule has 184 valence electrons. The fourth-order valence-corrected chi connectivity index (χ4v) is 6.20. The maximum atomic E-state index is 14.5. The van der Waals surface area contributed by atoms with E-state index in [0.717, 1.165) is 0 Å². The summed E-state index contributed by atoms with van der Waals surface area (Å²) in [6.45, 7) is 5.39. The van der Waals surface area contributed by atoms with Gasteiger partial charge in [-0.1, -0.05) is 36.4 Å². The van der Waals surface area contributed by atoms with Gasteiger partial charge in [0.2, 0.25) is 0 Å². The van der Waals surface area contributed by atoms with Gasteiger partial charge in [0.1, 0.15) is 22.4 Å². The van der Waals surface area contributed by atoms with Crippen LogP contribution in [0.25, 0.3) is 10.9 Å². The Kier molecular flexibility index (Phi) is 6.97. The maximum Gasteiger partial charge on any atom is 0.268 e. The number of halogens is 1. The van der Waals surface area contributed by atoms with Crippen LogP contribution in [0.1, 0.15) is 38.1 Å². The molecule has 1 aromatic heterocycles. The molecule has 0 spiro atoms. The lowest BCUT2D eigenvalue weighted by molar-refractivity contribution is 0.404. The van der Waals surface area contributed by atoms with Gasteiger partial charge in [-0.15, -0.1) is 4.72 Å². The van der Waals surface area contributed by atoms with Crippen molar-refractivity contribution in [1.29, 1.82) is 0 Å². The van der Waals surface area contributed by atoms with Crippen LogP contribution in [0.5, 0.6) is 5.75 Å². The third kappa shape index (κ3) is 4.95. The van der Waals surface area contributed by atoms with Gasteiger partial charge in [0.05, 0.1) is 23.2 Å². The molecule has 1 N–H and O–H groups in total. The Hall–Kier alpha value is -2.85. The molecule has 0 amide bonds. The number of aromatic nitrogens is 1. The first kappa shape index (κ1) is 25.2. The molecule has 0 saturated carbocycles. The average molecular weight is 515 g/mol. The largest absolute Gasteiger partial charge is 0.598 e. The highest BCUT2D eigenvalue weighted by Crippen LogP contribution is 2.37. The van der Waals surface area contributed by atoms with Crippen molar-refractivity contribution in [2.75, 3.05) is 7.11 Å². The Morgan fingerprint density at radius 3 is 2.31 bits per heavy atom. The highest BCUT2D eigenvalue weighted by molar-refractivity contribution is 7.91. The summed E-state index contributed by atoms with van der Waals surface area (Å²) in [7, 11) is -2.61. The van der Waals surface area contributed by atoms with Crippen molar-refractivity contribution < 1.29 is 22.1 Å². The zero-order valence-electron chi connectivity index (χ0n) is 19.9. The molecule has 0 aliphatic carbocycles. The fraction of sp³-hybridized carbons (Fsp3) is 0.231. The summed E-state index contributed by atoms with van der Waals surface area (Å²) in [5, 5.41) is 0.672. The zero-order chi connectivity index (χ0) is 25.4. The Morgan fingerprint density at radius 1 is 1.00 bits per heavy atom. The molecule has 0 bridgehead atoms. The molecule has 6 nitrogen and oxygen atoms in total. The molecule has 1 heterocycles. The van der Waals surface area contributed by atoms with E-state index in [4.69, 9.17) is 4.74 Å². The van der Waals surface area contributed by atoms with Gasteiger partial charge in [-0.3, -0.25) is 0 Å². The third-order valence-corrected chi connectivity index (χ3v) is 8.87. The van der Waals surface area contributed by atoms with E-state index in [0.29, 0.717) is 22.2 Å². The molecule has 4 aromatic rings. The number of hydrogen-bond donors (Lipinski definition) is 1. The number of benzene rings is 3. The predicted molar refractivity (Wildman–Crippen MR) is 137 cm³/mol. The normalized spacial score (nSPS) is 14.1. The predicted octanol–water partition coefficient (Wildman–Crippen LogP) is 5.17. The van der Waals surface area contributed by atoms with Crippen molar-refractivity contribution >= 4 is 32.3 Å². The maximum absolute atomic E-state index is 14.5. The second-order valence-electron chi connectivity index (χ2n) is 9.03. The van der Waals surface area contributed by atoms with Crippen molar-refractivity contribution in [1.82, 2.24) is 8.69 Å². The summed E-state index contributed by atoms with van der Waals surface area (Å²) < 4.78 is 64.7. The van der Waals surface area contributed by atoms with Gasteiger partial charge in [-0.05, 0) is 63.2 Å². The van der Waals surface area contributed by atoms with Gasteiger partial charge in [-0.25, -0.2) is 16.8 Å². The Labute approximate surface area is 208 Å². The van der Waals surface area contributed by atoms with Crippen LogP contribution in [0.2, 0.25) is 0 Å². The minimum atomic E-state index is -4.06. The number of nitrogens with one attached hydrogen (secondary N) is 1. The Bertz CT molecular complexity index is 1450. The van der Waals surface area contributed by atoms with Crippen molar-refractivity contribution in [2.24, 2.45) is 0 Å². The number of hydrogen-bond acceptors (Lipinski definition) is 5. The average Bonchev–Trinajstić information content (AvgIpc) is 3.22. The summed E-state index contributed by atoms with van der Waals surface area (Å²) in [6, 6.07) is 19.9. The molecule has 0 saturated heterocycles. The third-order valence-electron chi connectivity index (χ3n) is 5.55. The van der Waals surface area contributed by atoms with Gasteiger partial charge < -0.3 is 9.29 Å². The molecule has 9 heteroatoms. The lowest BCUT2D eigenvalue weighted by atomic mass is 10.0. The SMILES string of the molecule is COc1ccc(F)cc1C(N[S@@+]([O-])C(C)(C)C)c1cc2ccccc2n1S(=O)(=O)c1ccccc1. The second kappa shape index (κ2) is 9.66. The van der Waals surface area contributed by atoms with E-state index >= 15 is 0 Å². The Balaban J connectivity index is 2.04. The van der Waals surface area contributed by atoms with Crippen LogP contribution in [0.15, 0.2) is 83.8 Å². The van der Waals surface area contributed by atoms with Crippen molar-refractivity contribution in [3.8, 4) is 5.75 Å². The number of ether oxygens (including phenoxy) is 1. The van der Waals surface area contributed by atoms with Gasteiger partial charge in [-0.2, -0.15) is 0 Å². The number of rotatable bonds is 7. The minimum Gasteiger partial charge on any atom is -0.598 e. The molecular weight excluding hydrogens is 487 g/mol. The van der Waals surface area contributed by atoms with Crippen LogP contribution in [-0.2, 0) is 21.4 Å². The van der Waals surface area contributed by atoms with E-state index < -0.39 is 38.0 Å². The molecule has 35 heavy (non-hydrogen) atoms. The standard InChI is InChI=1S/C26H27FN2O4S2/c1-26(2,3)34(30)28-25(21-17-19(27)14-15-24(21)33-4)23-16-18-10-8-9-13-22(18)29(23)35(31,32)20-11-6-5-7-12-20/h5-17,25,28H,1-4H3/t25?,34-/m0/s1. The zero-order valence-corrected chi connectivity index (χ0v) is 21.5. The number of nitrogens with zero attached hydrogens (tertiary/aromatic N) is 1. The molecule has 2 atom stereocenters. The van der Waals surface area contributed by atoms with Gasteiger partial charge >= 0.3 is 0 Å². The van der Waals surface area contributed by atoms with Crippen LogP contribution in [0.4, 0.5) is 4.39 Å². The van der Waals surface area contributed by atoms with Crippen molar-refractivity contribution in [3.63, 3.8) is 0 Å². The number of para-hydroxylation sites is 1. The smallest absolute Gasteiger partial charge is 0.268 e. The molecule has 0 aliphatic rings. The van der Waals surface area contributed by atoms with Crippen molar-refractivity contribution in [2.45, 2.75) is 36.5 Å². The number of fused-ring (bicyclic) bond motifs is 1. The van der Waals surface area contributed by atoms with E-state index in [2.05, 4.69) is 4.72 Å². The first-order valence-electron chi connectivity index (χ1n) is 11.0. The molecule has 3 aromatic carbocycles. The summed E-state index contributed by atoms with van der Waals surface area (Å²) >= 11 is -1.62. The molecule has 0 fully saturated rings. The first-order valence-corrected chi connectivity index (χ1v) is 13.6. The number of methoxy groups -OCH3 is 1. The van der Waals surface area contributed by atoms with Crippen LogP contribution in [-0.4, -0.2) is 28.8 Å². The van der Waals surface area contributed by atoms with Crippen molar-refractivity contribution in [3.05, 3.63) is 95.9 Å². The van der Waals surface area contributed by atoms with Gasteiger partial charge in [0.25, 0.3) is 10.0 Å². The minimum absolute atomic E-state index is 0.101. The van der Waals surface area contributed by atoms with E-state index in [1.54, 1.807) is 63.2 Å². The molecule has 4 rings (SSSR count). The molecule has 1 unspecified atom stereocenters. The summed E-state index contributed by atoms with van der Waals surface area (Å²) in [6.07, 6.45) is 0. The van der Waals surface area contributed by atoms with E-state index in [1.165, 1.54) is 41.4 Å². The highest BCUT2D eigenvalue weighted by atomic mass is 32.2. The lowest BCUT2D eigenvalue weighted by Crippen LogP contribution is -2.42. The lowest BCUT2D eigenvalue weighted by Gasteiger charge is -2.29. The van der Waals surface area contributed by atoms with E-state index in [9.17, 15) is 17.4 Å². The molecule has 0 radical (unpaired) electrons. The van der Waals surface area contributed by atoms with Crippen LogP contribution < -0.4 is 9.46 Å². The topological polar surface area (TPSA) is 83.4 Å². The van der Waals surface area contributed by atoms with E-state index in [1.807, 2.05) is 6.07 Å². The quantitative estimate of drug-likeness (QED) is 0.344. The van der Waals surface area contributed by atoms with Gasteiger partial charge in [0, 0.05) is 22.3 Å². The van der Waals surface area contributed by atoms with Gasteiger partial charge in [0.15, 0.2) is 0 Å². The van der Waals surface area contributed by atoms with E-state index in [-0.39, 0.29) is 10.6 Å². The molecule has 0 aliphatic heterocycles. The highest BCUT2D eigenvalue weighted by Gasteiger charge is 2.36. The first-order chi connectivity index (χ1) is 16.5. The molecular formula is C26H27FN2O4S2. The summed E-state index contributed by atoms with van der Waals surface area (Å²) in [5.41, 5.74) is 1.07. The second-order valence-corrected chi connectivity index (χ2v) is 12.8.